The van der Waals surface area contributed by atoms with Crippen molar-refractivity contribution < 1.29 is 27.8 Å². The highest BCUT2D eigenvalue weighted by molar-refractivity contribution is 14.1. The molecular formula is C8H5F3INO4. The van der Waals surface area contributed by atoms with Gasteiger partial charge in [-0.15, -0.1) is 13.2 Å². The van der Waals surface area contributed by atoms with Crippen LogP contribution in [0.1, 0.15) is 5.56 Å². The molecule has 5 nitrogen and oxygen atoms in total. The zero-order chi connectivity index (χ0) is 13.2. The quantitative estimate of drug-likeness (QED) is 0.630. The molecule has 2 N–H and O–H groups in total. The number of aliphatic carboxylic acids is 1. The van der Waals surface area contributed by atoms with Crippen LogP contribution in [0.25, 0.3) is 0 Å². The summed E-state index contributed by atoms with van der Waals surface area (Å²) in [6, 6.07) is 0.766. The largest absolute Gasteiger partial charge is 0.573 e. The summed E-state index contributed by atoms with van der Waals surface area (Å²) in [6.45, 7) is 0. The standard InChI is InChI=1S/C8H5F3INO4/c9-8(10,11)17-4-1-3(2-5(14)15)6(12)13-7(4)16/h1H,2H2,(H,13,16)(H,14,15). The third-order valence-electron chi connectivity index (χ3n) is 1.60. The molecule has 0 radical (unpaired) electrons. The van der Waals surface area contributed by atoms with Crippen LogP contribution in [-0.4, -0.2) is 22.4 Å². The number of rotatable bonds is 3. The number of carboxylic acid groups (broad SMARTS) is 1. The predicted molar refractivity (Wildman–Crippen MR) is 57.8 cm³/mol. The highest BCUT2D eigenvalue weighted by Gasteiger charge is 2.32. The number of hydrogen-bond acceptors (Lipinski definition) is 3. The van der Waals surface area contributed by atoms with Gasteiger partial charge in [-0.05, 0) is 34.2 Å². The lowest BCUT2D eigenvalue weighted by Crippen LogP contribution is -2.24. The highest BCUT2D eigenvalue weighted by atomic mass is 127. The Morgan fingerprint density at radius 1 is 1.53 bits per heavy atom. The van der Waals surface area contributed by atoms with Gasteiger partial charge in [0.2, 0.25) is 0 Å². The van der Waals surface area contributed by atoms with Gasteiger partial charge < -0.3 is 14.8 Å². The number of carbonyl (C=O) groups is 1. The molecule has 0 fully saturated rings. The van der Waals surface area contributed by atoms with E-state index in [2.05, 4.69) is 9.72 Å². The molecule has 94 valence electrons. The summed E-state index contributed by atoms with van der Waals surface area (Å²) in [7, 11) is 0. The summed E-state index contributed by atoms with van der Waals surface area (Å²) in [5.41, 5.74) is -1.03. The lowest BCUT2D eigenvalue weighted by molar-refractivity contribution is -0.275. The number of carboxylic acids is 1. The fraction of sp³-hybridized carbons (Fsp3) is 0.250. The van der Waals surface area contributed by atoms with Crippen LogP contribution < -0.4 is 10.3 Å². The average molecular weight is 363 g/mol. The maximum Gasteiger partial charge on any atom is 0.573 e. The summed E-state index contributed by atoms with van der Waals surface area (Å²) in [6.07, 6.45) is -5.51. The van der Waals surface area contributed by atoms with E-state index in [1.54, 1.807) is 22.6 Å². The molecule has 0 atom stereocenters. The van der Waals surface area contributed by atoms with Crippen LogP contribution in [0, 0.1) is 3.70 Å². The number of pyridine rings is 1. The van der Waals surface area contributed by atoms with E-state index in [9.17, 15) is 22.8 Å². The van der Waals surface area contributed by atoms with E-state index >= 15 is 0 Å². The number of nitrogens with one attached hydrogen (secondary N) is 1. The Bertz CT molecular complexity index is 497. The van der Waals surface area contributed by atoms with Crippen LogP contribution in [0.5, 0.6) is 5.75 Å². The smallest absolute Gasteiger partial charge is 0.481 e. The van der Waals surface area contributed by atoms with E-state index in [1.165, 1.54) is 0 Å². The molecule has 0 saturated heterocycles. The van der Waals surface area contributed by atoms with Gasteiger partial charge in [0, 0.05) is 0 Å². The number of halogens is 4. The second-order valence-corrected chi connectivity index (χ2v) is 4.00. The minimum absolute atomic E-state index is 0.0388. The Balaban J connectivity index is 3.15. The Hall–Kier alpha value is -1.26. The second kappa shape index (κ2) is 4.94. The normalized spacial score (nSPS) is 11.3. The lowest BCUT2D eigenvalue weighted by Gasteiger charge is -2.09. The van der Waals surface area contributed by atoms with Gasteiger partial charge in [0.1, 0.15) is 0 Å². The van der Waals surface area contributed by atoms with Crippen molar-refractivity contribution in [3.8, 4) is 5.75 Å². The first-order chi connectivity index (χ1) is 7.69. The number of H-pyrrole nitrogens is 1. The zero-order valence-electron chi connectivity index (χ0n) is 7.97. The van der Waals surface area contributed by atoms with Crippen molar-refractivity contribution >= 4 is 28.6 Å². The molecule has 0 saturated carbocycles. The lowest BCUT2D eigenvalue weighted by atomic mass is 10.2. The number of alkyl halides is 3. The van der Waals surface area contributed by atoms with Crippen LogP contribution in [0.3, 0.4) is 0 Å². The zero-order valence-corrected chi connectivity index (χ0v) is 10.1. The minimum Gasteiger partial charge on any atom is -0.481 e. The van der Waals surface area contributed by atoms with Crippen molar-refractivity contribution in [2.45, 2.75) is 12.8 Å². The molecule has 0 aliphatic heterocycles. The van der Waals surface area contributed by atoms with Crippen LogP contribution in [0.4, 0.5) is 13.2 Å². The molecule has 0 spiro atoms. The third kappa shape index (κ3) is 4.24. The van der Waals surface area contributed by atoms with Crippen LogP contribution >= 0.6 is 22.6 Å². The molecule has 0 bridgehead atoms. The molecule has 1 heterocycles. The van der Waals surface area contributed by atoms with Crippen LogP contribution in [0.15, 0.2) is 10.9 Å². The van der Waals surface area contributed by atoms with E-state index < -0.39 is 30.1 Å². The fourth-order valence-corrected chi connectivity index (χ4v) is 1.61. The SMILES string of the molecule is O=C(O)Cc1cc(OC(F)(F)F)c(=O)[nH]c1I. The molecular weight excluding hydrogens is 358 g/mol. The van der Waals surface area contributed by atoms with Gasteiger partial charge in [0.15, 0.2) is 5.75 Å². The van der Waals surface area contributed by atoms with Crippen molar-refractivity contribution in [1.82, 2.24) is 4.98 Å². The van der Waals surface area contributed by atoms with Gasteiger partial charge in [-0.1, -0.05) is 0 Å². The second-order valence-electron chi connectivity index (χ2n) is 2.92. The van der Waals surface area contributed by atoms with Gasteiger partial charge in [0.05, 0.1) is 10.1 Å². The van der Waals surface area contributed by atoms with Gasteiger partial charge in [-0.25, -0.2) is 0 Å². The van der Waals surface area contributed by atoms with Crippen molar-refractivity contribution in [2.24, 2.45) is 0 Å². The fourth-order valence-electron chi connectivity index (χ4n) is 1.02. The van der Waals surface area contributed by atoms with Crippen LogP contribution in [-0.2, 0) is 11.2 Å². The summed E-state index contributed by atoms with van der Waals surface area (Å²) >= 11 is 1.62. The van der Waals surface area contributed by atoms with Gasteiger partial charge in [-0.3, -0.25) is 9.59 Å². The molecule has 0 aliphatic carbocycles. The third-order valence-corrected chi connectivity index (χ3v) is 2.56. The number of aromatic amines is 1. The van der Waals surface area contributed by atoms with E-state index in [0.717, 1.165) is 6.07 Å². The molecule has 1 rings (SSSR count). The van der Waals surface area contributed by atoms with Crippen molar-refractivity contribution in [1.29, 1.82) is 0 Å². The monoisotopic (exact) mass is 363 g/mol. The topological polar surface area (TPSA) is 79.4 Å². The molecule has 0 amide bonds. The van der Waals surface area contributed by atoms with E-state index in [0.29, 0.717) is 0 Å². The summed E-state index contributed by atoms with van der Waals surface area (Å²) in [4.78, 5) is 23.6. The van der Waals surface area contributed by atoms with Crippen LogP contribution in [0.2, 0.25) is 0 Å². The molecule has 17 heavy (non-hydrogen) atoms. The average Bonchev–Trinajstić information content (AvgIpc) is 2.10. The van der Waals surface area contributed by atoms with E-state index in [4.69, 9.17) is 5.11 Å². The molecule has 0 aliphatic rings. The van der Waals surface area contributed by atoms with Crippen molar-refractivity contribution in [3.63, 3.8) is 0 Å². The Labute approximate surface area is 106 Å². The van der Waals surface area contributed by atoms with Gasteiger partial charge in [-0.2, -0.15) is 0 Å². The minimum atomic E-state index is -5.00. The maximum absolute atomic E-state index is 11.9. The van der Waals surface area contributed by atoms with Crippen molar-refractivity contribution in [2.75, 3.05) is 0 Å². The first-order valence-electron chi connectivity index (χ1n) is 4.08. The summed E-state index contributed by atoms with van der Waals surface area (Å²) in [5, 5.41) is 8.53. The number of aromatic nitrogens is 1. The Morgan fingerprint density at radius 2 is 2.12 bits per heavy atom. The molecule has 0 unspecified atom stereocenters. The van der Waals surface area contributed by atoms with Gasteiger partial charge >= 0.3 is 12.3 Å². The maximum atomic E-state index is 11.9. The van der Waals surface area contributed by atoms with Crippen molar-refractivity contribution in [3.05, 3.63) is 25.7 Å². The Morgan fingerprint density at radius 3 is 2.59 bits per heavy atom. The first-order valence-corrected chi connectivity index (χ1v) is 5.16. The predicted octanol–water partition coefficient (Wildman–Crippen LogP) is 1.51. The van der Waals surface area contributed by atoms with E-state index in [-0.39, 0.29) is 9.26 Å². The molecule has 1 aromatic rings. The molecule has 1 aromatic heterocycles. The molecule has 0 aromatic carbocycles. The first kappa shape index (κ1) is 13.8. The highest BCUT2D eigenvalue weighted by Crippen LogP contribution is 2.21. The summed E-state index contributed by atoms with van der Waals surface area (Å²) in [5.74, 6) is -2.21. The van der Waals surface area contributed by atoms with E-state index in [1.807, 2.05) is 0 Å². The van der Waals surface area contributed by atoms with Gasteiger partial charge in [0.25, 0.3) is 5.56 Å². The molecule has 9 heteroatoms. The number of ether oxygens (including phenoxy) is 1. The Kier molecular flexibility index (Phi) is 4.01. The number of hydrogen-bond donors (Lipinski definition) is 2. The summed E-state index contributed by atoms with van der Waals surface area (Å²) < 4.78 is 39.4.